The molecule has 34 heavy (non-hydrogen) atoms. The number of hydrogen-bond acceptors (Lipinski definition) is 5. The predicted octanol–water partition coefficient (Wildman–Crippen LogP) is 4.61. The summed E-state index contributed by atoms with van der Waals surface area (Å²) in [5, 5.41) is 0. The topological polar surface area (TPSA) is 58.6 Å². The van der Waals surface area contributed by atoms with Gasteiger partial charge in [-0.05, 0) is 29.3 Å². The Morgan fingerprint density at radius 3 is 2.62 bits per heavy atom. The zero-order chi connectivity index (χ0) is 23.3. The zero-order valence-electron chi connectivity index (χ0n) is 19.3. The van der Waals surface area contributed by atoms with E-state index in [0.717, 1.165) is 46.6 Å². The number of carbonyl (C=O) groups excluding carboxylic acids is 1. The monoisotopic (exact) mass is 452 g/mol. The van der Waals surface area contributed by atoms with Crippen molar-refractivity contribution in [3.05, 3.63) is 102 Å². The molecule has 6 nitrogen and oxygen atoms in total. The number of para-hydroxylation sites is 1. The van der Waals surface area contributed by atoms with Gasteiger partial charge in [-0.1, -0.05) is 54.6 Å². The predicted molar refractivity (Wildman–Crippen MR) is 132 cm³/mol. The van der Waals surface area contributed by atoms with Crippen LogP contribution in [0.4, 0.5) is 0 Å². The minimum atomic E-state index is -0.0728. The molecular formula is C28H28N4O2. The summed E-state index contributed by atoms with van der Waals surface area (Å²) in [7, 11) is 1.86. The lowest BCUT2D eigenvalue weighted by molar-refractivity contribution is -0.130. The summed E-state index contributed by atoms with van der Waals surface area (Å²) in [6, 6.07) is 24.4. The third kappa shape index (κ3) is 5.07. The number of hydrogen-bond donors (Lipinski definition) is 0. The van der Waals surface area contributed by atoms with Gasteiger partial charge >= 0.3 is 0 Å². The number of aromatic nitrogens is 2. The number of ether oxygens (including phenoxy) is 1. The summed E-state index contributed by atoms with van der Waals surface area (Å²) in [4.78, 5) is 25.8. The molecule has 4 aromatic rings. The van der Waals surface area contributed by atoms with Crippen LogP contribution >= 0.6 is 0 Å². The summed E-state index contributed by atoms with van der Waals surface area (Å²) < 4.78 is 6.39. The van der Waals surface area contributed by atoms with Gasteiger partial charge in [0.05, 0.1) is 11.0 Å². The van der Waals surface area contributed by atoms with Crippen LogP contribution in [-0.4, -0.2) is 45.8 Å². The van der Waals surface area contributed by atoms with Crippen molar-refractivity contribution < 1.29 is 9.53 Å². The Morgan fingerprint density at radius 1 is 1.00 bits per heavy atom. The molecule has 1 unspecified atom stereocenters. The van der Waals surface area contributed by atoms with Crippen molar-refractivity contribution in [1.82, 2.24) is 19.8 Å². The van der Waals surface area contributed by atoms with E-state index in [1.807, 2.05) is 61.6 Å². The highest BCUT2D eigenvalue weighted by molar-refractivity contribution is 5.77. The van der Waals surface area contributed by atoms with Crippen molar-refractivity contribution in [2.24, 2.45) is 0 Å². The van der Waals surface area contributed by atoms with Crippen LogP contribution in [-0.2, 0) is 17.9 Å². The van der Waals surface area contributed by atoms with Crippen LogP contribution in [0.5, 0.6) is 5.75 Å². The molecule has 0 fully saturated rings. The number of benzene rings is 3. The van der Waals surface area contributed by atoms with E-state index in [0.29, 0.717) is 19.5 Å². The van der Waals surface area contributed by atoms with Crippen LogP contribution in [0.1, 0.15) is 29.2 Å². The molecule has 1 amide bonds. The average molecular weight is 453 g/mol. The summed E-state index contributed by atoms with van der Waals surface area (Å²) in [6.07, 6.45) is 3.75. The van der Waals surface area contributed by atoms with Gasteiger partial charge in [0.15, 0.2) is 0 Å². The van der Waals surface area contributed by atoms with Crippen LogP contribution in [0.2, 0.25) is 0 Å². The zero-order valence-corrected chi connectivity index (χ0v) is 19.3. The number of carbonyl (C=O) groups is 1. The third-order valence-electron chi connectivity index (χ3n) is 6.25. The molecule has 3 aromatic carbocycles. The van der Waals surface area contributed by atoms with Gasteiger partial charge < -0.3 is 9.64 Å². The largest absolute Gasteiger partial charge is 0.484 e. The number of rotatable bonds is 6. The van der Waals surface area contributed by atoms with Gasteiger partial charge in [-0.2, -0.15) is 0 Å². The van der Waals surface area contributed by atoms with Gasteiger partial charge in [-0.15, -0.1) is 0 Å². The van der Waals surface area contributed by atoms with Crippen molar-refractivity contribution in [2.45, 2.75) is 25.6 Å². The molecule has 1 atom stereocenters. The Kier molecular flexibility index (Phi) is 6.49. The minimum absolute atomic E-state index is 0.0728. The Bertz CT molecular complexity index is 1280. The Labute approximate surface area is 199 Å². The van der Waals surface area contributed by atoms with Crippen molar-refractivity contribution in [3.8, 4) is 5.75 Å². The maximum Gasteiger partial charge on any atom is 0.223 e. The molecule has 0 saturated carbocycles. The smallest absolute Gasteiger partial charge is 0.223 e. The van der Waals surface area contributed by atoms with Gasteiger partial charge in [-0.25, -0.2) is 0 Å². The van der Waals surface area contributed by atoms with E-state index in [1.54, 1.807) is 17.3 Å². The molecule has 0 bridgehead atoms. The van der Waals surface area contributed by atoms with Crippen LogP contribution in [0.3, 0.4) is 0 Å². The third-order valence-corrected chi connectivity index (χ3v) is 6.25. The maximum absolute atomic E-state index is 13.0. The van der Waals surface area contributed by atoms with E-state index in [1.165, 1.54) is 0 Å². The molecule has 5 rings (SSSR count). The second kappa shape index (κ2) is 10.0. The highest BCUT2D eigenvalue weighted by atomic mass is 16.5. The lowest BCUT2D eigenvalue weighted by atomic mass is 10.1. The first-order valence-corrected chi connectivity index (χ1v) is 11.6. The van der Waals surface area contributed by atoms with E-state index in [2.05, 4.69) is 33.1 Å². The molecule has 6 heteroatoms. The lowest BCUT2D eigenvalue weighted by Crippen LogP contribution is -2.33. The van der Waals surface area contributed by atoms with Crippen LogP contribution in [0.15, 0.2) is 85.2 Å². The molecule has 0 saturated heterocycles. The Balaban J connectivity index is 1.24. The molecule has 0 N–H and O–H groups in total. The maximum atomic E-state index is 13.0. The van der Waals surface area contributed by atoms with Crippen LogP contribution in [0, 0.1) is 0 Å². The van der Waals surface area contributed by atoms with Crippen molar-refractivity contribution >= 4 is 16.9 Å². The van der Waals surface area contributed by atoms with E-state index in [-0.39, 0.29) is 12.0 Å². The summed E-state index contributed by atoms with van der Waals surface area (Å²) in [6.45, 7) is 2.72. The standard InChI is InChI=1S/C28H28N4O2/c1-31(18-21-11-12-24-25(17-21)30-15-14-29-24)28(33)13-16-32-19-23-9-5-6-10-26(23)34-27(20-32)22-7-3-2-4-8-22/h2-12,14-15,17,27H,13,16,18-20H2,1H3. The molecule has 1 aliphatic heterocycles. The molecule has 2 heterocycles. The van der Waals surface area contributed by atoms with Gasteiger partial charge in [0.1, 0.15) is 11.9 Å². The SMILES string of the molecule is CN(Cc1ccc2nccnc2c1)C(=O)CCN1Cc2ccccc2OC(c2ccccc2)C1. The normalized spacial score (nSPS) is 15.9. The summed E-state index contributed by atoms with van der Waals surface area (Å²) >= 11 is 0. The molecule has 0 aliphatic carbocycles. The van der Waals surface area contributed by atoms with Gasteiger partial charge in [0.2, 0.25) is 5.91 Å². The summed E-state index contributed by atoms with van der Waals surface area (Å²) in [5.74, 6) is 1.04. The van der Waals surface area contributed by atoms with Gasteiger partial charge in [0, 0.05) is 57.6 Å². The number of nitrogens with zero attached hydrogens (tertiary/aromatic N) is 4. The molecular weight excluding hydrogens is 424 g/mol. The number of amides is 1. The highest BCUT2D eigenvalue weighted by Crippen LogP contribution is 2.31. The van der Waals surface area contributed by atoms with E-state index in [4.69, 9.17) is 4.74 Å². The van der Waals surface area contributed by atoms with Gasteiger partial charge in [0.25, 0.3) is 0 Å². The average Bonchev–Trinajstić information content (AvgIpc) is 3.07. The fourth-order valence-corrected chi connectivity index (χ4v) is 4.41. The fourth-order valence-electron chi connectivity index (χ4n) is 4.41. The number of fused-ring (bicyclic) bond motifs is 2. The van der Waals surface area contributed by atoms with E-state index >= 15 is 0 Å². The Morgan fingerprint density at radius 2 is 1.76 bits per heavy atom. The van der Waals surface area contributed by atoms with E-state index < -0.39 is 0 Å². The van der Waals surface area contributed by atoms with Crippen LogP contribution < -0.4 is 4.74 Å². The van der Waals surface area contributed by atoms with Crippen molar-refractivity contribution in [2.75, 3.05) is 20.1 Å². The first-order chi connectivity index (χ1) is 16.7. The van der Waals surface area contributed by atoms with E-state index in [9.17, 15) is 4.79 Å². The van der Waals surface area contributed by atoms with Gasteiger partial charge in [-0.3, -0.25) is 19.7 Å². The first kappa shape index (κ1) is 22.0. The Hall–Kier alpha value is -3.77. The highest BCUT2D eigenvalue weighted by Gasteiger charge is 2.24. The van der Waals surface area contributed by atoms with Crippen molar-refractivity contribution in [1.29, 1.82) is 0 Å². The molecule has 0 spiro atoms. The fraction of sp³-hybridized carbons (Fsp3) is 0.250. The first-order valence-electron chi connectivity index (χ1n) is 11.6. The lowest BCUT2D eigenvalue weighted by Gasteiger charge is -2.25. The van der Waals surface area contributed by atoms with Crippen LogP contribution in [0.25, 0.3) is 11.0 Å². The summed E-state index contributed by atoms with van der Waals surface area (Å²) in [5.41, 5.74) is 5.05. The molecule has 172 valence electrons. The molecule has 1 aliphatic rings. The second-order valence-electron chi connectivity index (χ2n) is 8.74. The molecule has 1 aromatic heterocycles. The molecule has 0 radical (unpaired) electrons. The van der Waals surface area contributed by atoms with Crippen molar-refractivity contribution in [3.63, 3.8) is 0 Å². The second-order valence-corrected chi connectivity index (χ2v) is 8.74. The minimum Gasteiger partial charge on any atom is -0.484 e. The quantitative estimate of drug-likeness (QED) is 0.427.